The summed E-state index contributed by atoms with van der Waals surface area (Å²) in [6, 6.07) is 7.89. The largest absolute Gasteiger partial charge is 0.198 e. The first-order chi connectivity index (χ1) is 7.52. The number of benzene rings is 1. The number of hydrogen-bond donors (Lipinski definition) is 0. The molecule has 0 heterocycles. The molecule has 1 unspecified atom stereocenters. The van der Waals surface area contributed by atoms with Crippen LogP contribution in [0.5, 0.6) is 0 Å². The Morgan fingerprint density at radius 3 is 2.44 bits per heavy atom. The van der Waals surface area contributed by atoms with Crippen molar-refractivity contribution in [2.75, 3.05) is 0 Å². The summed E-state index contributed by atoms with van der Waals surface area (Å²) in [6.07, 6.45) is 1.66. The van der Waals surface area contributed by atoms with Crippen molar-refractivity contribution in [2.24, 2.45) is 11.8 Å². The lowest BCUT2D eigenvalue weighted by Gasteiger charge is -2.11. The van der Waals surface area contributed by atoms with Crippen molar-refractivity contribution in [2.45, 2.75) is 26.7 Å². The highest BCUT2D eigenvalue weighted by Gasteiger charge is 2.11. The van der Waals surface area contributed by atoms with Gasteiger partial charge in [0.1, 0.15) is 0 Å². The molecule has 3 heteroatoms. The minimum atomic E-state index is 0.0530. The Kier molecular flexibility index (Phi) is 5.12. The van der Waals surface area contributed by atoms with Crippen molar-refractivity contribution in [3.05, 3.63) is 33.8 Å². The smallest absolute Gasteiger partial charge is 0.0659 e. The zero-order valence-electron chi connectivity index (χ0n) is 9.50. The SMILES string of the molecule is CC(C)CC(C#N)Cc1ccc(Cl)c(Cl)c1. The highest BCUT2D eigenvalue weighted by molar-refractivity contribution is 6.42. The molecule has 0 aliphatic carbocycles. The number of nitriles is 1. The van der Waals surface area contributed by atoms with Gasteiger partial charge in [-0.05, 0) is 36.5 Å². The molecule has 0 aliphatic rings. The summed E-state index contributed by atoms with van der Waals surface area (Å²) in [4.78, 5) is 0. The second-order valence-electron chi connectivity index (χ2n) is 4.41. The summed E-state index contributed by atoms with van der Waals surface area (Å²) in [5, 5.41) is 10.2. The van der Waals surface area contributed by atoms with E-state index >= 15 is 0 Å². The van der Waals surface area contributed by atoms with Gasteiger partial charge in [0, 0.05) is 0 Å². The van der Waals surface area contributed by atoms with E-state index in [2.05, 4.69) is 19.9 Å². The second kappa shape index (κ2) is 6.13. The molecule has 0 bridgehead atoms. The van der Waals surface area contributed by atoms with Gasteiger partial charge in [-0.15, -0.1) is 0 Å². The molecule has 1 nitrogen and oxygen atoms in total. The molecule has 1 aromatic rings. The van der Waals surface area contributed by atoms with Crippen molar-refractivity contribution in [1.82, 2.24) is 0 Å². The van der Waals surface area contributed by atoms with Crippen LogP contribution in [0.4, 0.5) is 0 Å². The lowest BCUT2D eigenvalue weighted by atomic mass is 9.92. The van der Waals surface area contributed by atoms with E-state index in [1.165, 1.54) is 0 Å². The minimum absolute atomic E-state index is 0.0530. The van der Waals surface area contributed by atoms with Crippen LogP contribution < -0.4 is 0 Å². The normalized spacial score (nSPS) is 12.5. The minimum Gasteiger partial charge on any atom is -0.198 e. The van der Waals surface area contributed by atoms with Crippen LogP contribution >= 0.6 is 23.2 Å². The van der Waals surface area contributed by atoms with Crippen molar-refractivity contribution in [3.8, 4) is 6.07 Å². The maximum absolute atomic E-state index is 9.05. The summed E-state index contributed by atoms with van der Waals surface area (Å²) in [5.41, 5.74) is 1.07. The van der Waals surface area contributed by atoms with Crippen LogP contribution in [0.15, 0.2) is 18.2 Å². The van der Waals surface area contributed by atoms with Crippen LogP contribution in [0.3, 0.4) is 0 Å². The fourth-order valence-electron chi connectivity index (χ4n) is 1.70. The third-order valence-electron chi connectivity index (χ3n) is 2.40. The summed E-state index contributed by atoms with van der Waals surface area (Å²) in [5.74, 6) is 0.588. The fraction of sp³-hybridized carbons (Fsp3) is 0.462. The van der Waals surface area contributed by atoms with E-state index in [0.717, 1.165) is 18.4 Å². The van der Waals surface area contributed by atoms with Gasteiger partial charge in [0.05, 0.1) is 22.0 Å². The highest BCUT2D eigenvalue weighted by atomic mass is 35.5. The lowest BCUT2D eigenvalue weighted by Crippen LogP contribution is -2.05. The number of nitrogens with zero attached hydrogens (tertiary/aromatic N) is 1. The van der Waals surface area contributed by atoms with Crippen LogP contribution in [0.1, 0.15) is 25.8 Å². The number of halogens is 2. The van der Waals surface area contributed by atoms with E-state index in [1.807, 2.05) is 12.1 Å². The molecule has 0 N–H and O–H groups in total. The number of hydrogen-bond acceptors (Lipinski definition) is 1. The molecule has 0 fully saturated rings. The number of rotatable bonds is 4. The van der Waals surface area contributed by atoms with Gasteiger partial charge in [0.15, 0.2) is 0 Å². The van der Waals surface area contributed by atoms with Gasteiger partial charge >= 0.3 is 0 Å². The molecule has 0 saturated heterocycles. The Hall–Kier alpha value is -0.710. The first-order valence-corrected chi connectivity index (χ1v) is 6.12. The lowest BCUT2D eigenvalue weighted by molar-refractivity contribution is 0.481. The van der Waals surface area contributed by atoms with Crippen LogP contribution in [0.2, 0.25) is 10.0 Å². The molecule has 1 atom stereocenters. The van der Waals surface area contributed by atoms with Gasteiger partial charge in [0.25, 0.3) is 0 Å². The Morgan fingerprint density at radius 1 is 1.25 bits per heavy atom. The Labute approximate surface area is 107 Å². The quantitative estimate of drug-likeness (QED) is 0.764. The molecule has 86 valence electrons. The van der Waals surface area contributed by atoms with Gasteiger partial charge in [-0.3, -0.25) is 0 Å². The zero-order chi connectivity index (χ0) is 12.1. The van der Waals surface area contributed by atoms with Crippen molar-refractivity contribution >= 4 is 23.2 Å². The van der Waals surface area contributed by atoms with Gasteiger partial charge in [-0.25, -0.2) is 0 Å². The Morgan fingerprint density at radius 2 is 1.94 bits per heavy atom. The first-order valence-electron chi connectivity index (χ1n) is 5.36. The third-order valence-corrected chi connectivity index (χ3v) is 3.14. The van der Waals surface area contributed by atoms with E-state index in [0.29, 0.717) is 16.0 Å². The van der Waals surface area contributed by atoms with Crippen molar-refractivity contribution < 1.29 is 0 Å². The van der Waals surface area contributed by atoms with Gasteiger partial charge < -0.3 is 0 Å². The molecule has 16 heavy (non-hydrogen) atoms. The van der Waals surface area contributed by atoms with E-state index in [4.69, 9.17) is 28.5 Å². The molecule has 0 radical (unpaired) electrons. The third kappa shape index (κ3) is 4.04. The molecule has 0 amide bonds. The average Bonchev–Trinajstić information content (AvgIpc) is 2.22. The molecule has 1 aromatic carbocycles. The van der Waals surface area contributed by atoms with Gasteiger partial charge in [-0.1, -0.05) is 43.1 Å². The van der Waals surface area contributed by atoms with E-state index in [-0.39, 0.29) is 5.92 Å². The Bertz CT molecular complexity index is 393. The summed E-state index contributed by atoms with van der Waals surface area (Å²) in [7, 11) is 0. The standard InChI is InChI=1S/C13H15Cl2N/c1-9(2)5-11(8-16)6-10-3-4-12(14)13(15)7-10/h3-4,7,9,11H,5-6H2,1-2H3. The van der Waals surface area contributed by atoms with Gasteiger partial charge in [-0.2, -0.15) is 5.26 Å². The summed E-state index contributed by atoms with van der Waals surface area (Å²) < 4.78 is 0. The average molecular weight is 256 g/mol. The second-order valence-corrected chi connectivity index (χ2v) is 5.22. The van der Waals surface area contributed by atoms with Crippen molar-refractivity contribution in [1.29, 1.82) is 5.26 Å². The van der Waals surface area contributed by atoms with Crippen LogP contribution in [-0.2, 0) is 6.42 Å². The maximum Gasteiger partial charge on any atom is 0.0659 e. The zero-order valence-corrected chi connectivity index (χ0v) is 11.0. The van der Waals surface area contributed by atoms with Gasteiger partial charge in [0.2, 0.25) is 0 Å². The van der Waals surface area contributed by atoms with E-state index in [9.17, 15) is 0 Å². The molecule has 0 aliphatic heterocycles. The molecule has 0 spiro atoms. The van der Waals surface area contributed by atoms with Crippen LogP contribution in [-0.4, -0.2) is 0 Å². The van der Waals surface area contributed by atoms with E-state index in [1.54, 1.807) is 6.07 Å². The predicted octanol–water partition coefficient (Wildman–Crippen LogP) is 4.72. The van der Waals surface area contributed by atoms with Crippen LogP contribution in [0.25, 0.3) is 0 Å². The monoisotopic (exact) mass is 255 g/mol. The van der Waals surface area contributed by atoms with E-state index < -0.39 is 0 Å². The van der Waals surface area contributed by atoms with Crippen LogP contribution in [0, 0.1) is 23.2 Å². The topological polar surface area (TPSA) is 23.8 Å². The predicted molar refractivity (Wildman–Crippen MR) is 68.7 cm³/mol. The first kappa shape index (κ1) is 13.4. The Balaban J connectivity index is 2.71. The molecule has 0 saturated carbocycles. The fourth-order valence-corrected chi connectivity index (χ4v) is 2.02. The maximum atomic E-state index is 9.05. The highest BCUT2D eigenvalue weighted by Crippen LogP contribution is 2.25. The summed E-state index contributed by atoms with van der Waals surface area (Å²) >= 11 is 11.8. The summed E-state index contributed by atoms with van der Waals surface area (Å²) in [6.45, 7) is 4.25. The molecular weight excluding hydrogens is 241 g/mol. The molecular formula is C13H15Cl2N. The molecule has 0 aromatic heterocycles. The molecule has 1 rings (SSSR count). The van der Waals surface area contributed by atoms with Crippen molar-refractivity contribution in [3.63, 3.8) is 0 Å².